The van der Waals surface area contributed by atoms with E-state index < -0.39 is 0 Å². The zero-order valence-corrected chi connectivity index (χ0v) is 7.98. The van der Waals surface area contributed by atoms with Crippen LogP contribution in [0.5, 0.6) is 0 Å². The highest BCUT2D eigenvalue weighted by Crippen LogP contribution is 2.12. The number of ether oxygens (including phenoxy) is 1. The molecule has 3 heteroatoms. The molecule has 0 unspecified atom stereocenters. The number of aromatic nitrogens is 2. The molecule has 3 nitrogen and oxygen atoms in total. The van der Waals surface area contributed by atoms with E-state index in [2.05, 4.69) is 9.97 Å². The molecule has 0 saturated carbocycles. The molecule has 0 saturated heterocycles. The molecule has 1 aliphatic rings. The fourth-order valence-corrected chi connectivity index (χ4v) is 1.26. The molecule has 12 heavy (non-hydrogen) atoms. The predicted molar refractivity (Wildman–Crippen MR) is 48.0 cm³/mol. The monoisotopic (exact) mass is 168 g/mol. The highest BCUT2D eigenvalue weighted by atomic mass is 16.5. The van der Waals surface area contributed by atoms with E-state index in [4.69, 9.17) is 4.74 Å². The summed E-state index contributed by atoms with van der Waals surface area (Å²) >= 11 is 0. The highest BCUT2D eigenvalue weighted by molar-refractivity contribution is 5.15. The number of hydrogen-bond acceptors (Lipinski definition) is 2. The molecule has 68 valence electrons. The molecule has 1 N–H and O–H groups in total. The van der Waals surface area contributed by atoms with Crippen molar-refractivity contribution in [2.24, 2.45) is 0 Å². The van der Waals surface area contributed by atoms with Crippen molar-refractivity contribution in [3.8, 4) is 0 Å². The third-order valence-electron chi connectivity index (χ3n) is 1.71. The summed E-state index contributed by atoms with van der Waals surface area (Å²) in [5.41, 5.74) is 2.34. The number of hydrogen-bond donors (Lipinski definition) is 1. The lowest BCUT2D eigenvalue weighted by atomic mass is 10.2. The van der Waals surface area contributed by atoms with Crippen LogP contribution in [0.25, 0.3) is 0 Å². The van der Waals surface area contributed by atoms with E-state index in [0.717, 1.165) is 24.5 Å². The molecular weight excluding hydrogens is 152 g/mol. The Balaban J connectivity index is 0.000000336. The van der Waals surface area contributed by atoms with Crippen molar-refractivity contribution in [3.05, 3.63) is 17.2 Å². The van der Waals surface area contributed by atoms with Crippen LogP contribution in [-0.2, 0) is 17.8 Å². The van der Waals surface area contributed by atoms with Gasteiger partial charge in [0.1, 0.15) is 5.82 Å². The average Bonchev–Trinajstić information content (AvgIpc) is 2.48. The first-order chi connectivity index (χ1) is 5.86. The minimum absolute atomic E-state index is 0.705. The number of nitrogens with zero attached hydrogens (tertiary/aromatic N) is 1. The molecule has 0 bridgehead atoms. The van der Waals surface area contributed by atoms with Gasteiger partial charge < -0.3 is 9.72 Å². The highest BCUT2D eigenvalue weighted by Gasteiger charge is 2.12. The van der Waals surface area contributed by atoms with Crippen LogP contribution in [0.4, 0.5) is 0 Å². The number of H-pyrrole nitrogens is 1. The zero-order chi connectivity index (χ0) is 8.97. The van der Waals surface area contributed by atoms with Crippen LogP contribution in [0, 0.1) is 6.92 Å². The molecule has 0 aliphatic carbocycles. The van der Waals surface area contributed by atoms with Gasteiger partial charge in [-0.25, -0.2) is 4.98 Å². The van der Waals surface area contributed by atoms with Gasteiger partial charge in [0.2, 0.25) is 0 Å². The molecule has 0 amide bonds. The topological polar surface area (TPSA) is 37.9 Å². The van der Waals surface area contributed by atoms with Crippen molar-refractivity contribution in [1.29, 1.82) is 0 Å². The van der Waals surface area contributed by atoms with Crippen LogP contribution in [0.2, 0.25) is 0 Å². The molecule has 2 heterocycles. The summed E-state index contributed by atoms with van der Waals surface area (Å²) in [5.74, 6) is 0.996. The van der Waals surface area contributed by atoms with Gasteiger partial charge in [0.05, 0.1) is 24.6 Å². The van der Waals surface area contributed by atoms with E-state index in [1.165, 1.54) is 5.69 Å². The van der Waals surface area contributed by atoms with Crippen molar-refractivity contribution in [1.82, 2.24) is 9.97 Å². The molecule has 0 spiro atoms. The average molecular weight is 168 g/mol. The summed E-state index contributed by atoms with van der Waals surface area (Å²) < 4.78 is 5.24. The van der Waals surface area contributed by atoms with Crippen molar-refractivity contribution in [3.63, 3.8) is 0 Å². The lowest BCUT2D eigenvalue weighted by molar-refractivity contribution is 0.107. The smallest absolute Gasteiger partial charge is 0.103 e. The Bertz CT molecular complexity index is 219. The number of aromatic amines is 1. The Hall–Kier alpha value is -0.830. The summed E-state index contributed by atoms with van der Waals surface area (Å²) in [7, 11) is 0. The number of nitrogens with one attached hydrogen (secondary N) is 1. The van der Waals surface area contributed by atoms with Gasteiger partial charge in [-0.1, -0.05) is 13.8 Å². The lowest BCUT2D eigenvalue weighted by Gasteiger charge is -2.09. The Kier molecular flexibility index (Phi) is 3.29. The van der Waals surface area contributed by atoms with Gasteiger partial charge >= 0.3 is 0 Å². The molecule has 1 aliphatic heterocycles. The van der Waals surface area contributed by atoms with Gasteiger partial charge in [-0.15, -0.1) is 0 Å². The minimum Gasteiger partial charge on any atom is -0.375 e. The normalized spacial score (nSPS) is 14.6. The summed E-state index contributed by atoms with van der Waals surface area (Å²) in [6, 6.07) is 0. The quantitative estimate of drug-likeness (QED) is 0.641. The van der Waals surface area contributed by atoms with Crippen LogP contribution in [0.15, 0.2) is 0 Å². The van der Waals surface area contributed by atoms with E-state index >= 15 is 0 Å². The Morgan fingerprint density at radius 2 is 2.17 bits per heavy atom. The van der Waals surface area contributed by atoms with Crippen molar-refractivity contribution in [2.75, 3.05) is 6.61 Å². The Labute approximate surface area is 73.2 Å². The second-order valence-corrected chi connectivity index (χ2v) is 2.55. The van der Waals surface area contributed by atoms with Crippen LogP contribution in [0.1, 0.15) is 31.1 Å². The maximum absolute atomic E-state index is 5.24. The Morgan fingerprint density at radius 3 is 2.83 bits per heavy atom. The molecule has 2 rings (SSSR count). The van der Waals surface area contributed by atoms with Crippen LogP contribution >= 0.6 is 0 Å². The van der Waals surface area contributed by atoms with E-state index in [-0.39, 0.29) is 0 Å². The second-order valence-electron chi connectivity index (χ2n) is 2.55. The number of imidazole rings is 1. The fraction of sp³-hybridized carbons (Fsp3) is 0.667. The van der Waals surface area contributed by atoms with Crippen molar-refractivity contribution >= 4 is 0 Å². The molecule has 1 aromatic rings. The molecule has 0 aromatic carbocycles. The van der Waals surface area contributed by atoms with Crippen LogP contribution in [-0.4, -0.2) is 16.6 Å². The number of fused-ring (bicyclic) bond motifs is 1. The molecular formula is C9H16N2O. The summed E-state index contributed by atoms with van der Waals surface area (Å²) in [4.78, 5) is 7.48. The van der Waals surface area contributed by atoms with E-state index in [0.29, 0.717) is 6.61 Å². The maximum atomic E-state index is 5.24. The van der Waals surface area contributed by atoms with E-state index in [1.807, 2.05) is 20.8 Å². The first-order valence-electron chi connectivity index (χ1n) is 4.48. The van der Waals surface area contributed by atoms with Crippen molar-refractivity contribution in [2.45, 2.75) is 33.8 Å². The third-order valence-corrected chi connectivity index (χ3v) is 1.71. The SMILES string of the molecule is CC.Cc1nc2c([nH]1)COCC2. The molecule has 0 atom stereocenters. The van der Waals surface area contributed by atoms with Gasteiger partial charge in [0, 0.05) is 6.42 Å². The lowest BCUT2D eigenvalue weighted by Crippen LogP contribution is -2.08. The van der Waals surface area contributed by atoms with Gasteiger partial charge in [0.25, 0.3) is 0 Å². The standard InChI is InChI=1S/C7H10N2O.C2H6/c1-5-8-6-2-3-10-4-7(6)9-5;1-2/h2-4H2,1H3,(H,8,9);1-2H3. The first kappa shape index (κ1) is 9.26. The zero-order valence-electron chi connectivity index (χ0n) is 7.98. The minimum atomic E-state index is 0.705. The Morgan fingerprint density at radius 1 is 1.42 bits per heavy atom. The second kappa shape index (κ2) is 4.26. The van der Waals surface area contributed by atoms with Crippen LogP contribution in [0.3, 0.4) is 0 Å². The van der Waals surface area contributed by atoms with E-state index in [9.17, 15) is 0 Å². The van der Waals surface area contributed by atoms with Gasteiger partial charge in [-0.3, -0.25) is 0 Å². The van der Waals surface area contributed by atoms with Crippen molar-refractivity contribution < 1.29 is 4.74 Å². The largest absolute Gasteiger partial charge is 0.375 e. The van der Waals surface area contributed by atoms with Crippen LogP contribution < -0.4 is 0 Å². The number of aryl methyl sites for hydroxylation is 1. The summed E-state index contributed by atoms with van der Waals surface area (Å²) in [6.45, 7) is 7.49. The van der Waals surface area contributed by atoms with Gasteiger partial charge in [-0.2, -0.15) is 0 Å². The van der Waals surface area contributed by atoms with Gasteiger partial charge in [0.15, 0.2) is 0 Å². The summed E-state index contributed by atoms with van der Waals surface area (Å²) in [6.07, 6.45) is 0.958. The van der Waals surface area contributed by atoms with E-state index in [1.54, 1.807) is 0 Å². The molecule has 1 aromatic heterocycles. The summed E-state index contributed by atoms with van der Waals surface area (Å²) in [5, 5.41) is 0. The number of rotatable bonds is 0. The third kappa shape index (κ3) is 1.85. The maximum Gasteiger partial charge on any atom is 0.103 e. The fourth-order valence-electron chi connectivity index (χ4n) is 1.26. The first-order valence-corrected chi connectivity index (χ1v) is 4.48. The van der Waals surface area contributed by atoms with Gasteiger partial charge in [-0.05, 0) is 6.92 Å². The predicted octanol–water partition coefficient (Wildman–Crippen LogP) is 1.82. The molecule has 0 fully saturated rings. The molecule has 0 radical (unpaired) electrons.